The lowest BCUT2D eigenvalue weighted by molar-refractivity contribution is -0.205. The van der Waals surface area contributed by atoms with E-state index < -0.39 is 0 Å². The Balaban J connectivity index is 1.49. The highest BCUT2D eigenvalue weighted by Crippen LogP contribution is 2.69. The van der Waals surface area contributed by atoms with Gasteiger partial charge in [0, 0.05) is 0 Å². The van der Waals surface area contributed by atoms with Gasteiger partial charge in [-0.3, -0.25) is 0 Å². The first-order valence-electron chi connectivity index (χ1n) is 12.9. The van der Waals surface area contributed by atoms with E-state index in [0.29, 0.717) is 5.41 Å². The van der Waals surface area contributed by atoms with Crippen LogP contribution in [0.5, 0.6) is 0 Å². The molecule has 1 N–H and O–H groups in total. The van der Waals surface area contributed by atoms with Crippen LogP contribution in [0.1, 0.15) is 118 Å². The van der Waals surface area contributed by atoms with Gasteiger partial charge in [-0.2, -0.15) is 0 Å². The molecule has 0 aromatic heterocycles. The van der Waals surface area contributed by atoms with E-state index in [4.69, 9.17) is 0 Å². The van der Waals surface area contributed by atoms with E-state index in [2.05, 4.69) is 34.6 Å². The van der Waals surface area contributed by atoms with Gasteiger partial charge in [0.25, 0.3) is 0 Å². The maximum Gasteiger partial charge on any atom is 0.0703 e. The topological polar surface area (TPSA) is 20.2 Å². The number of hydrogen-bond donors (Lipinski definition) is 1. The molecule has 28 heavy (non-hydrogen) atoms. The summed E-state index contributed by atoms with van der Waals surface area (Å²) in [6.07, 6.45) is 17.4. The van der Waals surface area contributed by atoms with Crippen molar-refractivity contribution < 1.29 is 5.11 Å². The summed E-state index contributed by atoms with van der Waals surface area (Å²) in [6.45, 7) is 12.5. The minimum Gasteiger partial charge on any atom is -0.389 e. The molecule has 1 heteroatoms. The van der Waals surface area contributed by atoms with Crippen LogP contribution in [0.4, 0.5) is 0 Å². The molecule has 0 aromatic rings. The summed E-state index contributed by atoms with van der Waals surface area (Å²) < 4.78 is 0. The molecule has 4 aliphatic rings. The van der Waals surface area contributed by atoms with Crippen LogP contribution in [0.3, 0.4) is 0 Å². The van der Waals surface area contributed by atoms with E-state index >= 15 is 0 Å². The minimum absolute atomic E-state index is 0.205. The van der Waals surface area contributed by atoms with Crippen molar-refractivity contribution in [3.63, 3.8) is 0 Å². The van der Waals surface area contributed by atoms with Gasteiger partial charge in [0.05, 0.1) is 5.60 Å². The molecular weight excluding hydrogens is 340 g/mol. The van der Waals surface area contributed by atoms with E-state index in [1.54, 1.807) is 0 Å². The summed E-state index contributed by atoms with van der Waals surface area (Å²) in [6, 6.07) is 0. The highest BCUT2D eigenvalue weighted by atomic mass is 16.3. The molecule has 0 saturated heterocycles. The van der Waals surface area contributed by atoms with Crippen molar-refractivity contribution in [1.82, 2.24) is 0 Å². The Morgan fingerprint density at radius 1 is 0.821 bits per heavy atom. The third-order valence-electron chi connectivity index (χ3n) is 10.9. The Morgan fingerprint density at radius 2 is 1.57 bits per heavy atom. The number of aliphatic hydroxyl groups is 1. The third kappa shape index (κ3) is 3.21. The van der Waals surface area contributed by atoms with Crippen LogP contribution < -0.4 is 0 Å². The van der Waals surface area contributed by atoms with Crippen molar-refractivity contribution >= 4 is 0 Å². The molecule has 0 amide bonds. The molecule has 4 fully saturated rings. The summed E-state index contributed by atoms with van der Waals surface area (Å²) >= 11 is 0. The monoisotopic (exact) mass is 388 g/mol. The molecule has 0 spiro atoms. The first-order valence-corrected chi connectivity index (χ1v) is 12.9. The lowest BCUT2D eigenvalue weighted by Gasteiger charge is -2.63. The summed E-state index contributed by atoms with van der Waals surface area (Å²) in [7, 11) is 0. The summed E-state index contributed by atoms with van der Waals surface area (Å²) in [5.74, 6) is 5.33. The van der Waals surface area contributed by atoms with Crippen LogP contribution >= 0.6 is 0 Å². The van der Waals surface area contributed by atoms with Crippen LogP contribution in [-0.2, 0) is 0 Å². The Morgan fingerprint density at radius 3 is 2.32 bits per heavy atom. The predicted octanol–water partition coefficient (Wildman–Crippen LogP) is 7.61. The van der Waals surface area contributed by atoms with Gasteiger partial charge in [-0.15, -0.1) is 0 Å². The first-order chi connectivity index (χ1) is 13.2. The normalized spacial score (nSPS) is 49.4. The highest BCUT2D eigenvalue weighted by Gasteiger charge is 2.63. The summed E-state index contributed by atoms with van der Waals surface area (Å²) in [5.41, 5.74) is 0.442. The standard InChI is InChI=1S/C27H48O/c1-19(2)9-8-10-20(3)22-11-12-23-21-13-18-27(28)16-7-6-15-26(27,5)24(21)14-17-25(22,23)4/h19-24,28H,6-18H2,1-5H3/t20?,21?,22-,23?,24?,25?,26?,27?/m1/s1. The van der Waals surface area contributed by atoms with Crippen molar-refractivity contribution in [2.75, 3.05) is 0 Å². The highest BCUT2D eigenvalue weighted by molar-refractivity contribution is 5.13. The molecule has 4 saturated carbocycles. The van der Waals surface area contributed by atoms with Gasteiger partial charge in [0.2, 0.25) is 0 Å². The zero-order valence-electron chi connectivity index (χ0n) is 19.6. The van der Waals surface area contributed by atoms with E-state index in [-0.39, 0.29) is 11.0 Å². The van der Waals surface area contributed by atoms with Crippen molar-refractivity contribution in [2.24, 2.45) is 46.3 Å². The predicted molar refractivity (Wildman–Crippen MR) is 119 cm³/mol. The molecule has 0 aliphatic heterocycles. The molecular formula is C27H48O. The van der Waals surface area contributed by atoms with Gasteiger partial charge in [-0.05, 0) is 97.7 Å². The molecule has 0 radical (unpaired) electrons. The maximum absolute atomic E-state index is 11.6. The fourth-order valence-corrected chi connectivity index (χ4v) is 9.28. The Bertz CT molecular complexity index is 554. The second-order valence-electron chi connectivity index (χ2n) is 12.6. The van der Waals surface area contributed by atoms with Crippen LogP contribution in [-0.4, -0.2) is 10.7 Å². The molecule has 8 atom stereocenters. The van der Waals surface area contributed by atoms with E-state index in [1.165, 1.54) is 70.6 Å². The van der Waals surface area contributed by atoms with Gasteiger partial charge >= 0.3 is 0 Å². The van der Waals surface area contributed by atoms with Crippen molar-refractivity contribution in [1.29, 1.82) is 0 Å². The van der Waals surface area contributed by atoms with Crippen LogP contribution in [0.25, 0.3) is 0 Å². The summed E-state index contributed by atoms with van der Waals surface area (Å²) in [4.78, 5) is 0. The maximum atomic E-state index is 11.6. The van der Waals surface area contributed by atoms with Crippen LogP contribution in [0, 0.1) is 46.3 Å². The second-order valence-corrected chi connectivity index (χ2v) is 12.6. The zero-order valence-corrected chi connectivity index (χ0v) is 19.6. The van der Waals surface area contributed by atoms with Gasteiger partial charge in [0.15, 0.2) is 0 Å². The van der Waals surface area contributed by atoms with Gasteiger partial charge in [-0.25, -0.2) is 0 Å². The largest absolute Gasteiger partial charge is 0.389 e. The lowest BCUT2D eigenvalue weighted by atomic mass is 9.43. The van der Waals surface area contributed by atoms with Crippen LogP contribution in [0.15, 0.2) is 0 Å². The smallest absolute Gasteiger partial charge is 0.0703 e. The molecule has 0 heterocycles. The second kappa shape index (κ2) is 7.58. The van der Waals surface area contributed by atoms with Gasteiger partial charge < -0.3 is 5.11 Å². The Kier molecular flexibility index (Phi) is 5.74. The minimum atomic E-state index is -0.345. The fraction of sp³-hybridized carbons (Fsp3) is 1.00. The van der Waals surface area contributed by atoms with Crippen molar-refractivity contribution in [3.05, 3.63) is 0 Å². The average Bonchev–Trinajstić information content (AvgIpc) is 2.99. The number of hydrogen-bond acceptors (Lipinski definition) is 1. The Hall–Kier alpha value is -0.0400. The Labute approximate surface area is 175 Å². The van der Waals surface area contributed by atoms with E-state index in [0.717, 1.165) is 48.3 Å². The zero-order chi connectivity index (χ0) is 20.2. The third-order valence-corrected chi connectivity index (χ3v) is 10.9. The number of fused-ring (bicyclic) bond motifs is 5. The molecule has 4 rings (SSSR count). The molecule has 0 bridgehead atoms. The molecule has 1 nitrogen and oxygen atoms in total. The average molecular weight is 389 g/mol. The van der Waals surface area contributed by atoms with E-state index in [1.807, 2.05) is 0 Å². The molecule has 7 unspecified atom stereocenters. The SMILES string of the molecule is CC(C)CCCC(C)[C@H]1CCC2C3CCC4(O)CCCCC4(C)C3CCC21C. The van der Waals surface area contributed by atoms with Crippen LogP contribution in [0.2, 0.25) is 0 Å². The molecule has 162 valence electrons. The fourth-order valence-electron chi connectivity index (χ4n) is 9.28. The van der Waals surface area contributed by atoms with Gasteiger partial charge in [-0.1, -0.05) is 66.7 Å². The summed E-state index contributed by atoms with van der Waals surface area (Å²) in [5, 5.41) is 11.6. The van der Waals surface area contributed by atoms with E-state index in [9.17, 15) is 5.11 Å². The molecule has 0 aromatic carbocycles. The lowest BCUT2D eigenvalue weighted by Crippen LogP contribution is -2.61. The van der Waals surface area contributed by atoms with Crippen molar-refractivity contribution in [3.8, 4) is 0 Å². The van der Waals surface area contributed by atoms with Crippen molar-refractivity contribution in [2.45, 2.75) is 124 Å². The molecule has 4 aliphatic carbocycles. The first kappa shape index (κ1) is 21.2. The number of rotatable bonds is 5. The quantitative estimate of drug-likeness (QED) is 0.513. The van der Waals surface area contributed by atoms with Gasteiger partial charge in [0.1, 0.15) is 0 Å².